The van der Waals surface area contributed by atoms with E-state index in [0.29, 0.717) is 16.7 Å². The molecule has 0 fully saturated rings. The van der Waals surface area contributed by atoms with Gasteiger partial charge >= 0.3 is 0 Å². The number of benzene rings is 2. The fraction of sp³-hybridized carbons (Fsp3) is 0.167. The van der Waals surface area contributed by atoms with Crippen LogP contribution in [0.4, 0.5) is 4.39 Å². The van der Waals surface area contributed by atoms with Gasteiger partial charge in [0.05, 0.1) is 5.92 Å². The number of hydrogen-bond acceptors (Lipinski definition) is 2. The Labute approximate surface area is 121 Å². The van der Waals surface area contributed by atoms with E-state index < -0.39 is 0 Å². The average molecular weight is 280 g/mol. The Bertz CT molecular complexity index is 847. The molecule has 0 radical (unpaired) electrons. The zero-order valence-electron chi connectivity index (χ0n) is 11.3. The summed E-state index contributed by atoms with van der Waals surface area (Å²) < 4.78 is 18.8. The van der Waals surface area contributed by atoms with Crippen molar-refractivity contribution in [2.24, 2.45) is 0 Å². The van der Waals surface area contributed by atoms with E-state index in [4.69, 9.17) is 4.42 Å². The van der Waals surface area contributed by atoms with Crippen LogP contribution >= 0.6 is 0 Å². The Kier molecular flexibility index (Phi) is 2.67. The predicted molar refractivity (Wildman–Crippen MR) is 78.0 cm³/mol. The molecule has 1 unspecified atom stereocenters. The third kappa shape index (κ3) is 1.97. The van der Waals surface area contributed by atoms with Crippen molar-refractivity contribution >= 4 is 16.8 Å². The Morgan fingerprint density at radius 2 is 2.00 bits per heavy atom. The van der Waals surface area contributed by atoms with Crippen LogP contribution in [0.2, 0.25) is 0 Å². The van der Waals surface area contributed by atoms with Crippen LogP contribution in [-0.2, 0) is 6.42 Å². The van der Waals surface area contributed by atoms with Crippen molar-refractivity contribution in [3.63, 3.8) is 0 Å². The first-order chi connectivity index (χ1) is 10.2. The van der Waals surface area contributed by atoms with Crippen LogP contribution in [-0.4, -0.2) is 5.78 Å². The molecule has 104 valence electrons. The zero-order chi connectivity index (χ0) is 14.4. The normalized spacial score (nSPS) is 17.1. The number of aryl methyl sites for hydroxylation is 1. The second kappa shape index (κ2) is 4.55. The Morgan fingerprint density at radius 1 is 1.14 bits per heavy atom. The summed E-state index contributed by atoms with van der Waals surface area (Å²) in [4.78, 5) is 12.7. The van der Waals surface area contributed by atoms with Gasteiger partial charge in [0, 0.05) is 5.39 Å². The maximum Gasteiger partial charge on any atom is 0.205 e. The summed E-state index contributed by atoms with van der Waals surface area (Å²) in [6.07, 6.45) is 1.73. The van der Waals surface area contributed by atoms with Gasteiger partial charge < -0.3 is 4.42 Å². The third-order valence-corrected chi connectivity index (χ3v) is 4.17. The van der Waals surface area contributed by atoms with E-state index in [1.165, 1.54) is 17.7 Å². The lowest BCUT2D eigenvalue weighted by molar-refractivity contribution is 0.0934. The summed E-state index contributed by atoms with van der Waals surface area (Å²) >= 11 is 0. The smallest absolute Gasteiger partial charge is 0.205 e. The summed E-state index contributed by atoms with van der Waals surface area (Å²) in [6, 6.07) is 14.0. The van der Waals surface area contributed by atoms with E-state index in [-0.39, 0.29) is 17.5 Å². The highest BCUT2D eigenvalue weighted by Gasteiger charge is 2.30. The molecule has 0 amide bonds. The van der Waals surface area contributed by atoms with Gasteiger partial charge in [0.25, 0.3) is 0 Å². The first-order valence-corrected chi connectivity index (χ1v) is 7.03. The summed E-state index contributed by atoms with van der Waals surface area (Å²) in [6.45, 7) is 0. The molecule has 0 aliphatic heterocycles. The molecule has 1 atom stereocenters. The summed E-state index contributed by atoms with van der Waals surface area (Å²) in [5.74, 6) is -0.172. The quantitative estimate of drug-likeness (QED) is 0.648. The van der Waals surface area contributed by atoms with Crippen molar-refractivity contribution in [2.75, 3.05) is 0 Å². The number of rotatable bonds is 2. The van der Waals surface area contributed by atoms with Crippen LogP contribution in [0.15, 0.2) is 52.9 Å². The van der Waals surface area contributed by atoms with Gasteiger partial charge in [-0.2, -0.15) is 0 Å². The molecule has 0 bridgehead atoms. The molecule has 0 spiro atoms. The molecule has 2 nitrogen and oxygen atoms in total. The topological polar surface area (TPSA) is 30.2 Å². The molecule has 3 aromatic rings. The highest BCUT2D eigenvalue weighted by atomic mass is 19.1. The highest BCUT2D eigenvalue weighted by molar-refractivity contribution is 6.02. The first-order valence-electron chi connectivity index (χ1n) is 7.03. The van der Waals surface area contributed by atoms with E-state index in [2.05, 4.69) is 6.07 Å². The fourth-order valence-electron chi connectivity index (χ4n) is 3.14. The van der Waals surface area contributed by atoms with Crippen molar-refractivity contribution in [1.82, 2.24) is 0 Å². The number of fused-ring (bicyclic) bond motifs is 2. The van der Waals surface area contributed by atoms with E-state index in [0.717, 1.165) is 18.4 Å². The molecule has 0 N–H and O–H groups in total. The highest BCUT2D eigenvalue weighted by Crippen LogP contribution is 2.36. The van der Waals surface area contributed by atoms with Crippen molar-refractivity contribution in [3.8, 4) is 0 Å². The van der Waals surface area contributed by atoms with Crippen molar-refractivity contribution in [1.29, 1.82) is 0 Å². The molecule has 21 heavy (non-hydrogen) atoms. The van der Waals surface area contributed by atoms with Crippen molar-refractivity contribution in [2.45, 2.75) is 18.8 Å². The molecule has 1 aliphatic rings. The van der Waals surface area contributed by atoms with Crippen LogP contribution in [0.25, 0.3) is 11.0 Å². The number of ketones is 1. The van der Waals surface area contributed by atoms with E-state index >= 15 is 0 Å². The third-order valence-electron chi connectivity index (χ3n) is 4.17. The molecule has 2 aromatic carbocycles. The Hall–Kier alpha value is -2.42. The second-order valence-electron chi connectivity index (χ2n) is 5.45. The molecule has 1 aliphatic carbocycles. The van der Waals surface area contributed by atoms with Crippen LogP contribution in [0.1, 0.15) is 34.0 Å². The minimum Gasteiger partial charge on any atom is -0.453 e. The summed E-state index contributed by atoms with van der Waals surface area (Å²) in [5.41, 5.74) is 2.87. The molecule has 1 heterocycles. The average Bonchev–Trinajstić information content (AvgIpc) is 3.09. The number of carbonyl (C=O) groups excluding carboxylic acids is 1. The molecular weight excluding hydrogens is 267 g/mol. The molecule has 0 saturated carbocycles. The zero-order valence-corrected chi connectivity index (χ0v) is 11.3. The van der Waals surface area contributed by atoms with Crippen LogP contribution in [0, 0.1) is 5.82 Å². The summed E-state index contributed by atoms with van der Waals surface area (Å²) in [7, 11) is 0. The van der Waals surface area contributed by atoms with Gasteiger partial charge in [-0.25, -0.2) is 4.39 Å². The standard InChI is InChI=1S/C18H13FO2/c19-13-6-8-16-12(9-13)10-17(21-16)18(20)15-7-5-11-3-1-2-4-14(11)15/h1-4,6,8-10,15H,5,7H2. The van der Waals surface area contributed by atoms with Crippen LogP contribution in [0.5, 0.6) is 0 Å². The van der Waals surface area contributed by atoms with Gasteiger partial charge in [0.1, 0.15) is 11.4 Å². The number of furan rings is 1. The van der Waals surface area contributed by atoms with E-state index in [1.54, 1.807) is 12.1 Å². The molecule has 3 heteroatoms. The van der Waals surface area contributed by atoms with Gasteiger partial charge in [-0.05, 0) is 48.2 Å². The lowest BCUT2D eigenvalue weighted by Crippen LogP contribution is -2.09. The number of halogens is 1. The maximum atomic E-state index is 13.2. The predicted octanol–water partition coefficient (Wildman–Crippen LogP) is 4.48. The van der Waals surface area contributed by atoms with Crippen LogP contribution < -0.4 is 0 Å². The lowest BCUT2D eigenvalue weighted by Gasteiger charge is -2.07. The fourth-order valence-corrected chi connectivity index (χ4v) is 3.14. The van der Waals surface area contributed by atoms with Crippen LogP contribution in [0.3, 0.4) is 0 Å². The number of Topliss-reactive ketones (excluding diaryl/α,β-unsaturated/α-hetero) is 1. The minimum atomic E-state index is -0.325. The van der Waals surface area contributed by atoms with Gasteiger partial charge in [0.15, 0.2) is 5.76 Å². The number of carbonyl (C=O) groups is 1. The van der Waals surface area contributed by atoms with E-state index in [9.17, 15) is 9.18 Å². The molecule has 0 saturated heterocycles. The number of hydrogen-bond donors (Lipinski definition) is 0. The SMILES string of the molecule is O=C(c1cc2cc(F)ccc2o1)C1CCc2ccccc21. The second-order valence-corrected chi connectivity index (χ2v) is 5.45. The molecular formula is C18H13FO2. The molecule has 4 rings (SSSR count). The van der Waals surface area contributed by atoms with Gasteiger partial charge in [-0.1, -0.05) is 24.3 Å². The summed E-state index contributed by atoms with van der Waals surface area (Å²) in [5, 5.41) is 0.629. The van der Waals surface area contributed by atoms with Gasteiger partial charge in [-0.3, -0.25) is 4.79 Å². The minimum absolute atomic E-state index is 0.0171. The largest absolute Gasteiger partial charge is 0.453 e. The maximum absolute atomic E-state index is 13.2. The van der Waals surface area contributed by atoms with Crippen molar-refractivity contribution in [3.05, 3.63) is 71.2 Å². The van der Waals surface area contributed by atoms with E-state index in [1.807, 2.05) is 18.2 Å². The van der Waals surface area contributed by atoms with Gasteiger partial charge in [-0.15, -0.1) is 0 Å². The Morgan fingerprint density at radius 3 is 2.90 bits per heavy atom. The van der Waals surface area contributed by atoms with Gasteiger partial charge in [0.2, 0.25) is 5.78 Å². The van der Waals surface area contributed by atoms with Crippen molar-refractivity contribution < 1.29 is 13.6 Å². The monoisotopic (exact) mass is 280 g/mol. The Balaban J connectivity index is 1.74. The first kappa shape index (κ1) is 12.3. The molecule has 1 aromatic heterocycles. The lowest BCUT2D eigenvalue weighted by atomic mass is 9.95.